The molecule has 1 nitrogen and oxygen atoms in total. The fraction of sp³-hybridized carbons (Fsp3) is 0.0189. The molecule has 1 heterocycles. The van der Waals surface area contributed by atoms with Gasteiger partial charge in [0.2, 0.25) is 0 Å². The predicted molar refractivity (Wildman–Crippen MR) is 224 cm³/mol. The van der Waals surface area contributed by atoms with Crippen LogP contribution in [0.15, 0.2) is 188 Å². The summed E-state index contributed by atoms with van der Waals surface area (Å²) in [6, 6.07) is 70.7. The summed E-state index contributed by atoms with van der Waals surface area (Å²) >= 11 is 0. The summed E-state index contributed by atoms with van der Waals surface area (Å²) in [5, 5.41) is 5.22. The highest BCUT2D eigenvalue weighted by Gasteiger charge is 2.51. The summed E-state index contributed by atoms with van der Waals surface area (Å²) < 4.78 is 2.49. The maximum absolute atomic E-state index is 2.53. The van der Waals surface area contributed by atoms with Crippen LogP contribution in [0.5, 0.6) is 0 Å². The summed E-state index contributed by atoms with van der Waals surface area (Å²) in [5.41, 5.74) is 21.9. The quantitative estimate of drug-likeness (QED) is 0.171. The van der Waals surface area contributed by atoms with Crippen LogP contribution >= 0.6 is 0 Å². The summed E-state index contributed by atoms with van der Waals surface area (Å²) in [4.78, 5) is 0. The van der Waals surface area contributed by atoms with Crippen molar-refractivity contribution in [2.45, 2.75) is 5.41 Å². The molecule has 0 atom stereocenters. The van der Waals surface area contributed by atoms with Crippen LogP contribution in [-0.4, -0.2) is 4.57 Å². The van der Waals surface area contributed by atoms with Crippen LogP contribution in [0.1, 0.15) is 22.3 Å². The van der Waals surface area contributed by atoms with E-state index in [1.165, 1.54) is 116 Å². The minimum absolute atomic E-state index is 0.369. The Morgan fingerprint density at radius 1 is 0.296 bits per heavy atom. The van der Waals surface area contributed by atoms with Crippen molar-refractivity contribution in [3.63, 3.8) is 0 Å². The normalized spacial score (nSPS) is 13.7. The van der Waals surface area contributed by atoms with Gasteiger partial charge in [-0.25, -0.2) is 0 Å². The second-order valence-corrected chi connectivity index (χ2v) is 15.1. The van der Waals surface area contributed by atoms with Gasteiger partial charge in [-0.1, -0.05) is 158 Å². The van der Waals surface area contributed by atoms with Crippen LogP contribution in [-0.2, 0) is 5.41 Å². The van der Waals surface area contributed by atoms with E-state index in [-0.39, 0.29) is 5.41 Å². The fourth-order valence-electron chi connectivity index (χ4n) is 10.7. The van der Waals surface area contributed by atoms with Crippen molar-refractivity contribution in [3.05, 3.63) is 210 Å². The maximum Gasteiger partial charge on any atom is 0.0725 e. The molecule has 0 fully saturated rings. The third-order valence-electron chi connectivity index (χ3n) is 12.8. The first kappa shape index (κ1) is 28.6. The van der Waals surface area contributed by atoms with E-state index in [1.807, 2.05) is 0 Å². The van der Waals surface area contributed by atoms with Crippen molar-refractivity contribution in [1.29, 1.82) is 0 Å². The van der Waals surface area contributed by atoms with Crippen LogP contribution in [0.2, 0.25) is 0 Å². The number of aromatic nitrogens is 1. The van der Waals surface area contributed by atoms with Gasteiger partial charge in [0.25, 0.3) is 0 Å². The van der Waals surface area contributed by atoms with Gasteiger partial charge in [-0.3, -0.25) is 0 Å². The molecule has 1 heteroatoms. The van der Waals surface area contributed by atoms with E-state index in [4.69, 9.17) is 0 Å². The van der Waals surface area contributed by atoms with Crippen LogP contribution < -0.4 is 0 Å². The monoisotopic (exact) mass is 681 g/mol. The SMILES string of the molecule is c1cc(-c2ccc3c4c(cccc24)-c2ccccc2-3)cc(-n2c3ccccc3c3cc4c(cc32)-c2ccccc2C42c3ccccc3-c3ccccc32)c1. The number of rotatable bonds is 2. The molecule has 54 heavy (non-hydrogen) atoms. The largest absolute Gasteiger partial charge is 0.309 e. The number of fused-ring (bicyclic) bond motifs is 16. The molecule has 0 saturated carbocycles. The second kappa shape index (κ2) is 10.1. The molecule has 0 saturated heterocycles. The fourth-order valence-corrected chi connectivity index (χ4v) is 10.7. The van der Waals surface area contributed by atoms with E-state index >= 15 is 0 Å². The van der Waals surface area contributed by atoms with Gasteiger partial charge in [0.15, 0.2) is 0 Å². The van der Waals surface area contributed by atoms with Crippen LogP contribution in [0.25, 0.3) is 93.9 Å². The Morgan fingerprint density at radius 3 is 1.56 bits per heavy atom. The molecule has 1 aromatic heterocycles. The molecule has 0 aliphatic heterocycles. The van der Waals surface area contributed by atoms with Gasteiger partial charge in [-0.15, -0.1) is 0 Å². The first-order valence-corrected chi connectivity index (χ1v) is 18.9. The minimum atomic E-state index is -0.369. The molecule has 1 spiro atoms. The maximum atomic E-state index is 2.53. The Hall–Kier alpha value is -6.96. The molecule has 3 aliphatic rings. The Kier molecular flexibility index (Phi) is 5.36. The lowest BCUT2D eigenvalue weighted by atomic mass is 9.70. The van der Waals surface area contributed by atoms with Crippen molar-refractivity contribution in [2.24, 2.45) is 0 Å². The van der Waals surface area contributed by atoms with Crippen molar-refractivity contribution in [3.8, 4) is 61.3 Å². The number of benzene rings is 9. The van der Waals surface area contributed by atoms with Crippen LogP contribution in [0.3, 0.4) is 0 Å². The third-order valence-corrected chi connectivity index (χ3v) is 12.8. The summed E-state index contributed by atoms with van der Waals surface area (Å²) in [6.07, 6.45) is 0. The van der Waals surface area contributed by atoms with Gasteiger partial charge in [0, 0.05) is 16.5 Å². The Balaban J connectivity index is 1.07. The molecule has 248 valence electrons. The Labute approximate surface area is 313 Å². The standard InChI is InChI=1S/C53H31N/c1-2-16-36-35(15-1)42-22-12-21-41-34(27-28-43(36)52(41)42)32-13-11-14-33(29-32)54-50-26-10-6-20-40(50)45-30-49-44(31-51(45)54)39-19-5-9-25-48(39)53(49)46-23-7-3-17-37(46)38-18-4-8-24-47(38)53/h1-31H. The first-order valence-electron chi connectivity index (χ1n) is 18.9. The van der Waals surface area contributed by atoms with Gasteiger partial charge < -0.3 is 4.57 Å². The number of hydrogen-bond donors (Lipinski definition) is 0. The Bertz CT molecular complexity index is 3210. The van der Waals surface area contributed by atoms with E-state index in [1.54, 1.807) is 0 Å². The van der Waals surface area contributed by atoms with Crippen molar-refractivity contribution < 1.29 is 0 Å². The number of para-hydroxylation sites is 1. The van der Waals surface area contributed by atoms with Crippen molar-refractivity contribution in [2.75, 3.05) is 0 Å². The van der Waals surface area contributed by atoms with Gasteiger partial charge in [0.1, 0.15) is 0 Å². The minimum Gasteiger partial charge on any atom is -0.309 e. The molecular formula is C53H31N. The van der Waals surface area contributed by atoms with Gasteiger partial charge in [-0.05, 0) is 119 Å². The average Bonchev–Trinajstić information content (AvgIpc) is 3.93. The highest BCUT2D eigenvalue weighted by Crippen LogP contribution is 2.63. The zero-order valence-corrected chi connectivity index (χ0v) is 29.3. The molecule has 0 radical (unpaired) electrons. The van der Waals surface area contributed by atoms with Crippen molar-refractivity contribution >= 4 is 32.6 Å². The highest BCUT2D eigenvalue weighted by atomic mass is 15.0. The molecule has 9 aromatic carbocycles. The lowest BCUT2D eigenvalue weighted by Crippen LogP contribution is -2.25. The molecule has 10 aromatic rings. The number of hydrogen-bond acceptors (Lipinski definition) is 0. The van der Waals surface area contributed by atoms with Crippen LogP contribution in [0, 0.1) is 0 Å². The second-order valence-electron chi connectivity index (χ2n) is 15.1. The molecule has 0 amide bonds. The summed E-state index contributed by atoms with van der Waals surface area (Å²) in [5.74, 6) is 0. The summed E-state index contributed by atoms with van der Waals surface area (Å²) in [7, 11) is 0. The zero-order valence-electron chi connectivity index (χ0n) is 29.3. The Morgan fingerprint density at radius 2 is 0.833 bits per heavy atom. The van der Waals surface area contributed by atoms with E-state index in [0.717, 1.165) is 0 Å². The average molecular weight is 682 g/mol. The molecule has 3 aliphatic carbocycles. The number of nitrogens with zero attached hydrogens (tertiary/aromatic N) is 1. The molecule has 0 bridgehead atoms. The molecular weight excluding hydrogens is 651 g/mol. The van der Waals surface area contributed by atoms with Gasteiger partial charge >= 0.3 is 0 Å². The summed E-state index contributed by atoms with van der Waals surface area (Å²) in [6.45, 7) is 0. The van der Waals surface area contributed by atoms with Crippen molar-refractivity contribution in [1.82, 2.24) is 4.57 Å². The zero-order chi connectivity index (χ0) is 35.1. The molecule has 0 unspecified atom stereocenters. The van der Waals surface area contributed by atoms with E-state index in [2.05, 4.69) is 193 Å². The highest BCUT2D eigenvalue weighted by molar-refractivity contribution is 6.19. The smallest absolute Gasteiger partial charge is 0.0725 e. The predicted octanol–water partition coefficient (Wildman–Crippen LogP) is 13.6. The molecule has 0 N–H and O–H groups in total. The molecule has 13 rings (SSSR count). The lowest BCUT2D eigenvalue weighted by Gasteiger charge is -2.30. The van der Waals surface area contributed by atoms with E-state index in [9.17, 15) is 0 Å². The first-order chi connectivity index (χ1) is 26.8. The van der Waals surface area contributed by atoms with Crippen LogP contribution in [0.4, 0.5) is 0 Å². The van der Waals surface area contributed by atoms with Gasteiger partial charge in [0.05, 0.1) is 16.4 Å². The lowest BCUT2D eigenvalue weighted by molar-refractivity contribution is 0.795. The van der Waals surface area contributed by atoms with E-state index < -0.39 is 0 Å². The third kappa shape index (κ3) is 3.37. The van der Waals surface area contributed by atoms with E-state index in [0.29, 0.717) is 0 Å². The van der Waals surface area contributed by atoms with Gasteiger partial charge in [-0.2, -0.15) is 0 Å². The topological polar surface area (TPSA) is 4.93 Å².